The fourth-order valence-corrected chi connectivity index (χ4v) is 1.70. The first-order chi connectivity index (χ1) is 8.93. The van der Waals surface area contributed by atoms with Gasteiger partial charge in [-0.25, -0.2) is 4.39 Å². The fraction of sp³-hybridized carbons (Fsp3) is 0.385. The third kappa shape index (κ3) is 4.87. The van der Waals surface area contributed by atoms with E-state index in [1.54, 1.807) is 0 Å². The van der Waals surface area contributed by atoms with Crippen molar-refractivity contribution in [2.24, 2.45) is 5.92 Å². The normalized spacial score (nSPS) is 11.9. The molecule has 0 bridgehead atoms. The minimum Gasteiger partial charge on any atom is -0.481 e. The highest BCUT2D eigenvalue weighted by Gasteiger charge is 2.14. The summed E-state index contributed by atoms with van der Waals surface area (Å²) in [6.07, 6.45) is 0.632. The maximum absolute atomic E-state index is 13.2. The lowest BCUT2D eigenvalue weighted by Gasteiger charge is -2.13. The average molecular weight is 288 g/mol. The zero-order valence-corrected chi connectivity index (χ0v) is 11.2. The Kier molecular flexibility index (Phi) is 5.76. The molecule has 1 unspecified atom stereocenters. The highest BCUT2D eigenvalue weighted by atomic mass is 35.5. The summed E-state index contributed by atoms with van der Waals surface area (Å²) in [7, 11) is 0. The molecule has 1 rings (SSSR count). The SMILES string of the molecule is CCC(CNC(=O)c1ccc(Cl)c(F)c1)CC(=O)O. The molecule has 1 atom stereocenters. The van der Waals surface area contributed by atoms with E-state index in [-0.39, 0.29) is 29.5 Å². The standard InChI is InChI=1S/C13H15ClFNO3/c1-2-8(5-12(17)18)7-16-13(19)9-3-4-10(14)11(15)6-9/h3-4,6,8H,2,5,7H2,1H3,(H,16,19)(H,17,18). The maximum atomic E-state index is 13.2. The van der Waals surface area contributed by atoms with E-state index in [9.17, 15) is 14.0 Å². The molecule has 2 N–H and O–H groups in total. The Bertz CT molecular complexity index is 479. The van der Waals surface area contributed by atoms with Gasteiger partial charge in [0.05, 0.1) is 5.02 Å². The second-order valence-corrected chi connectivity index (χ2v) is 4.62. The molecule has 1 amide bonds. The topological polar surface area (TPSA) is 66.4 Å². The van der Waals surface area contributed by atoms with E-state index in [2.05, 4.69) is 5.32 Å². The first-order valence-corrected chi connectivity index (χ1v) is 6.26. The van der Waals surface area contributed by atoms with Crippen molar-refractivity contribution in [3.05, 3.63) is 34.6 Å². The summed E-state index contributed by atoms with van der Waals surface area (Å²) < 4.78 is 13.2. The lowest BCUT2D eigenvalue weighted by atomic mass is 10.0. The molecular weight excluding hydrogens is 273 g/mol. The molecule has 1 aromatic rings. The van der Waals surface area contributed by atoms with Gasteiger partial charge in [-0.2, -0.15) is 0 Å². The molecule has 0 saturated carbocycles. The van der Waals surface area contributed by atoms with Crippen LogP contribution in [0.25, 0.3) is 0 Å². The van der Waals surface area contributed by atoms with Crippen molar-refractivity contribution >= 4 is 23.5 Å². The van der Waals surface area contributed by atoms with Crippen LogP contribution >= 0.6 is 11.6 Å². The highest BCUT2D eigenvalue weighted by molar-refractivity contribution is 6.30. The molecule has 4 nitrogen and oxygen atoms in total. The van der Waals surface area contributed by atoms with Crippen molar-refractivity contribution in [2.45, 2.75) is 19.8 Å². The van der Waals surface area contributed by atoms with E-state index in [1.807, 2.05) is 6.92 Å². The van der Waals surface area contributed by atoms with Crippen LogP contribution < -0.4 is 5.32 Å². The van der Waals surface area contributed by atoms with Crippen LogP contribution in [0.15, 0.2) is 18.2 Å². The van der Waals surface area contributed by atoms with Crippen LogP contribution in [0.3, 0.4) is 0 Å². The van der Waals surface area contributed by atoms with Gasteiger partial charge in [-0.05, 0) is 24.1 Å². The average Bonchev–Trinajstić information content (AvgIpc) is 2.36. The zero-order valence-electron chi connectivity index (χ0n) is 10.5. The van der Waals surface area contributed by atoms with E-state index < -0.39 is 17.7 Å². The second-order valence-electron chi connectivity index (χ2n) is 4.21. The monoisotopic (exact) mass is 287 g/mol. The predicted molar refractivity (Wildman–Crippen MR) is 69.8 cm³/mol. The number of amides is 1. The van der Waals surface area contributed by atoms with Crippen LogP contribution in [0.2, 0.25) is 5.02 Å². The van der Waals surface area contributed by atoms with E-state index >= 15 is 0 Å². The molecule has 0 heterocycles. The predicted octanol–water partition coefficient (Wildman–Crippen LogP) is 2.71. The molecular formula is C13H15ClFNO3. The van der Waals surface area contributed by atoms with Gasteiger partial charge in [0.25, 0.3) is 5.91 Å². The zero-order chi connectivity index (χ0) is 14.4. The number of halogens is 2. The van der Waals surface area contributed by atoms with E-state index in [4.69, 9.17) is 16.7 Å². The number of carboxylic acids is 1. The summed E-state index contributed by atoms with van der Waals surface area (Å²) in [6, 6.07) is 3.77. The minimum absolute atomic E-state index is 0.00818. The lowest BCUT2D eigenvalue weighted by molar-refractivity contribution is -0.138. The van der Waals surface area contributed by atoms with Crippen molar-refractivity contribution in [2.75, 3.05) is 6.54 Å². The van der Waals surface area contributed by atoms with Gasteiger partial charge in [-0.3, -0.25) is 9.59 Å². The van der Waals surface area contributed by atoms with Crippen molar-refractivity contribution in [1.29, 1.82) is 0 Å². The van der Waals surface area contributed by atoms with Gasteiger partial charge in [0.1, 0.15) is 5.82 Å². The Morgan fingerprint density at radius 2 is 2.16 bits per heavy atom. The maximum Gasteiger partial charge on any atom is 0.303 e. The first kappa shape index (κ1) is 15.4. The number of carbonyl (C=O) groups excluding carboxylic acids is 1. The molecule has 0 radical (unpaired) electrons. The molecule has 0 aliphatic heterocycles. The molecule has 0 aromatic heterocycles. The molecule has 0 aliphatic carbocycles. The van der Waals surface area contributed by atoms with Crippen LogP contribution in [0.1, 0.15) is 30.1 Å². The molecule has 0 saturated heterocycles. The van der Waals surface area contributed by atoms with Crippen molar-refractivity contribution in [3.8, 4) is 0 Å². The quantitative estimate of drug-likeness (QED) is 0.845. The second kappa shape index (κ2) is 7.09. The van der Waals surface area contributed by atoms with Gasteiger partial charge in [0, 0.05) is 18.5 Å². The lowest BCUT2D eigenvalue weighted by Crippen LogP contribution is -2.30. The summed E-state index contributed by atoms with van der Waals surface area (Å²) in [5, 5.41) is 11.2. The fourth-order valence-electron chi connectivity index (χ4n) is 1.58. The number of aliphatic carboxylic acids is 1. The summed E-state index contributed by atoms with van der Waals surface area (Å²) >= 11 is 5.52. The number of hydrogen-bond acceptors (Lipinski definition) is 2. The van der Waals surface area contributed by atoms with Crippen LogP contribution in [0.4, 0.5) is 4.39 Å². The number of carboxylic acid groups (broad SMARTS) is 1. The summed E-state index contributed by atoms with van der Waals surface area (Å²) in [5.41, 5.74) is 0.159. The molecule has 1 aromatic carbocycles. The summed E-state index contributed by atoms with van der Waals surface area (Å²) in [5.74, 6) is -2.15. The molecule has 104 valence electrons. The number of nitrogens with one attached hydrogen (secondary N) is 1. The molecule has 6 heteroatoms. The van der Waals surface area contributed by atoms with Gasteiger partial charge >= 0.3 is 5.97 Å². The van der Waals surface area contributed by atoms with Gasteiger partial charge < -0.3 is 10.4 Å². The Morgan fingerprint density at radius 3 is 2.68 bits per heavy atom. The molecule has 0 fully saturated rings. The van der Waals surface area contributed by atoms with Crippen LogP contribution in [-0.2, 0) is 4.79 Å². The largest absolute Gasteiger partial charge is 0.481 e. The Balaban J connectivity index is 2.59. The molecule has 0 spiro atoms. The van der Waals surface area contributed by atoms with Crippen LogP contribution in [-0.4, -0.2) is 23.5 Å². The van der Waals surface area contributed by atoms with Gasteiger partial charge in [0.2, 0.25) is 0 Å². The van der Waals surface area contributed by atoms with Gasteiger partial charge in [0.15, 0.2) is 0 Å². The van der Waals surface area contributed by atoms with Crippen LogP contribution in [0, 0.1) is 11.7 Å². The minimum atomic E-state index is -0.904. The molecule has 0 aliphatic rings. The van der Waals surface area contributed by atoms with Crippen LogP contribution in [0.5, 0.6) is 0 Å². The number of carbonyl (C=O) groups is 2. The summed E-state index contributed by atoms with van der Waals surface area (Å²) in [6.45, 7) is 2.09. The Labute approximate surface area is 115 Å². The van der Waals surface area contributed by atoms with E-state index in [0.717, 1.165) is 6.07 Å². The molecule has 19 heavy (non-hydrogen) atoms. The van der Waals surface area contributed by atoms with Crippen molar-refractivity contribution < 1.29 is 19.1 Å². The summed E-state index contributed by atoms with van der Waals surface area (Å²) in [4.78, 5) is 22.3. The number of hydrogen-bond donors (Lipinski definition) is 2. The van der Waals surface area contributed by atoms with Crippen molar-refractivity contribution in [1.82, 2.24) is 5.32 Å². The smallest absolute Gasteiger partial charge is 0.303 e. The van der Waals surface area contributed by atoms with Gasteiger partial charge in [-0.1, -0.05) is 24.9 Å². The highest BCUT2D eigenvalue weighted by Crippen LogP contribution is 2.15. The van der Waals surface area contributed by atoms with E-state index in [0.29, 0.717) is 6.42 Å². The van der Waals surface area contributed by atoms with Gasteiger partial charge in [-0.15, -0.1) is 0 Å². The first-order valence-electron chi connectivity index (χ1n) is 5.89. The number of benzene rings is 1. The third-order valence-corrected chi connectivity index (χ3v) is 3.08. The number of rotatable bonds is 6. The van der Waals surface area contributed by atoms with Crippen molar-refractivity contribution in [3.63, 3.8) is 0 Å². The van der Waals surface area contributed by atoms with E-state index in [1.165, 1.54) is 12.1 Å². The Morgan fingerprint density at radius 1 is 1.47 bits per heavy atom. The Hall–Kier alpha value is -1.62. The third-order valence-electron chi connectivity index (χ3n) is 2.77.